The zero-order valence-corrected chi connectivity index (χ0v) is 19.7. The van der Waals surface area contributed by atoms with Crippen LogP contribution in [0.3, 0.4) is 0 Å². The van der Waals surface area contributed by atoms with E-state index in [9.17, 15) is 9.59 Å². The Bertz CT molecular complexity index is 1270. The number of benzene rings is 3. The Labute approximate surface area is 203 Å². The van der Waals surface area contributed by atoms with Gasteiger partial charge in [-0.2, -0.15) is 0 Å². The van der Waals surface area contributed by atoms with E-state index in [0.717, 1.165) is 5.56 Å². The van der Waals surface area contributed by atoms with E-state index in [1.54, 1.807) is 48.5 Å². The number of carbonyl (C=O) groups excluding carboxylic acids is 2. The highest BCUT2D eigenvalue weighted by molar-refractivity contribution is 7.80. The molecule has 0 unspecified atom stereocenters. The van der Waals surface area contributed by atoms with Gasteiger partial charge in [0.05, 0.1) is 16.3 Å². The summed E-state index contributed by atoms with van der Waals surface area (Å²) < 4.78 is 0. The summed E-state index contributed by atoms with van der Waals surface area (Å²) in [6.45, 7) is 4.24. The van der Waals surface area contributed by atoms with Crippen LogP contribution in [0.1, 0.15) is 41.3 Å². The normalized spacial score (nSPS) is 14.7. The molecular formula is C26H22ClN3O2S. The fourth-order valence-electron chi connectivity index (χ4n) is 3.49. The van der Waals surface area contributed by atoms with Gasteiger partial charge < -0.3 is 10.6 Å². The number of hydrogen-bond donors (Lipinski definition) is 2. The minimum absolute atomic E-state index is 0.234. The third-order valence-electron chi connectivity index (χ3n) is 5.27. The van der Waals surface area contributed by atoms with Crippen LogP contribution in [0, 0.1) is 0 Å². The summed E-state index contributed by atoms with van der Waals surface area (Å²) in [6, 6.07) is 21.8. The van der Waals surface area contributed by atoms with E-state index in [-0.39, 0.29) is 11.8 Å². The lowest BCUT2D eigenvalue weighted by atomic mass is 10.0. The number of nitrogens with zero attached hydrogens (tertiary/aromatic N) is 1. The maximum atomic E-state index is 13.0. The molecule has 0 saturated carbocycles. The van der Waals surface area contributed by atoms with Crippen LogP contribution in [0.2, 0.25) is 5.02 Å². The van der Waals surface area contributed by atoms with E-state index in [1.165, 1.54) is 10.5 Å². The van der Waals surface area contributed by atoms with E-state index in [2.05, 4.69) is 24.5 Å². The van der Waals surface area contributed by atoms with Gasteiger partial charge in [0, 0.05) is 5.69 Å². The number of anilines is 2. The summed E-state index contributed by atoms with van der Waals surface area (Å²) in [5, 5.41) is 6.54. The minimum Gasteiger partial charge on any atom is -0.327 e. The van der Waals surface area contributed by atoms with Gasteiger partial charge in [-0.1, -0.05) is 61.8 Å². The van der Waals surface area contributed by atoms with Crippen LogP contribution in [-0.4, -0.2) is 16.9 Å². The Morgan fingerprint density at radius 1 is 1.06 bits per heavy atom. The van der Waals surface area contributed by atoms with Crippen molar-refractivity contribution in [1.82, 2.24) is 5.32 Å². The zero-order chi connectivity index (χ0) is 23.5. The number of amides is 2. The molecule has 0 bridgehead atoms. The lowest BCUT2D eigenvalue weighted by molar-refractivity contribution is -0.113. The van der Waals surface area contributed by atoms with Crippen molar-refractivity contribution in [1.29, 1.82) is 0 Å². The van der Waals surface area contributed by atoms with Gasteiger partial charge in [-0.05, 0) is 71.7 Å². The molecule has 0 atom stereocenters. The summed E-state index contributed by atoms with van der Waals surface area (Å²) >= 11 is 11.5. The molecule has 2 N–H and O–H groups in total. The minimum atomic E-state index is -0.308. The second kappa shape index (κ2) is 9.57. The lowest BCUT2D eigenvalue weighted by Crippen LogP contribution is -2.30. The number of rotatable bonds is 5. The van der Waals surface area contributed by atoms with Gasteiger partial charge in [-0.15, -0.1) is 0 Å². The van der Waals surface area contributed by atoms with Gasteiger partial charge in [0.1, 0.15) is 5.70 Å². The number of carbonyl (C=O) groups is 2. The Hall–Kier alpha value is -3.48. The number of thiocarbonyl (C=S) groups is 1. The summed E-state index contributed by atoms with van der Waals surface area (Å²) in [6.07, 6.45) is 1.71. The van der Waals surface area contributed by atoms with Crippen molar-refractivity contribution in [3.05, 3.63) is 100 Å². The predicted octanol–water partition coefficient (Wildman–Crippen LogP) is 5.98. The summed E-state index contributed by atoms with van der Waals surface area (Å²) in [7, 11) is 0. The summed E-state index contributed by atoms with van der Waals surface area (Å²) in [4.78, 5) is 27.1. The van der Waals surface area contributed by atoms with Crippen LogP contribution in [0.15, 0.2) is 78.5 Å². The Kier molecular flexibility index (Phi) is 6.58. The molecule has 7 heteroatoms. The smallest absolute Gasteiger partial charge is 0.281 e. The van der Waals surface area contributed by atoms with Crippen molar-refractivity contribution < 1.29 is 9.59 Å². The van der Waals surface area contributed by atoms with Crippen molar-refractivity contribution in [3.63, 3.8) is 0 Å². The Morgan fingerprint density at radius 2 is 1.79 bits per heavy atom. The standard InChI is InChI=1S/C26H22ClN3O2S/c1-16(2)18-10-12-20(13-11-18)30-25(32)23(29-26(30)33)15-17-6-5-7-19(14-17)28-24(31)21-8-3-4-9-22(21)27/h3-16H,1-2H3,(H,28,31)(H,29,33)/b23-15+. The van der Waals surface area contributed by atoms with E-state index < -0.39 is 0 Å². The van der Waals surface area contributed by atoms with E-state index in [4.69, 9.17) is 23.8 Å². The molecular weight excluding hydrogens is 454 g/mol. The second-order valence-corrected chi connectivity index (χ2v) is 8.73. The summed E-state index contributed by atoms with van der Waals surface area (Å²) in [5.41, 5.74) is 3.98. The third-order valence-corrected chi connectivity index (χ3v) is 5.88. The van der Waals surface area contributed by atoms with Gasteiger partial charge in [0.2, 0.25) is 0 Å². The molecule has 2 amide bonds. The first kappa shape index (κ1) is 22.7. The molecule has 3 aromatic rings. The Morgan fingerprint density at radius 3 is 2.48 bits per heavy atom. The number of hydrogen-bond acceptors (Lipinski definition) is 3. The van der Waals surface area contributed by atoms with Gasteiger partial charge in [-0.25, -0.2) is 0 Å². The molecule has 0 radical (unpaired) electrons. The molecule has 0 aromatic heterocycles. The van der Waals surface area contributed by atoms with Gasteiger partial charge >= 0.3 is 0 Å². The first-order chi connectivity index (χ1) is 15.8. The lowest BCUT2D eigenvalue weighted by Gasteiger charge is -2.15. The molecule has 166 valence electrons. The Balaban J connectivity index is 1.53. The van der Waals surface area contributed by atoms with Crippen LogP contribution < -0.4 is 15.5 Å². The molecule has 1 aliphatic rings. The zero-order valence-electron chi connectivity index (χ0n) is 18.1. The SMILES string of the molecule is CC(C)c1ccc(N2C(=O)/C(=C\c3cccc(NC(=O)c4ccccc4Cl)c3)NC2=S)cc1. The summed E-state index contributed by atoms with van der Waals surface area (Å²) in [5.74, 6) is -0.139. The van der Waals surface area contributed by atoms with Crippen LogP contribution in [0.4, 0.5) is 11.4 Å². The monoisotopic (exact) mass is 475 g/mol. The van der Waals surface area contributed by atoms with Crippen molar-refractivity contribution in [3.8, 4) is 0 Å². The number of nitrogens with one attached hydrogen (secondary N) is 2. The van der Waals surface area contributed by atoms with Gasteiger partial charge in [-0.3, -0.25) is 14.5 Å². The molecule has 5 nitrogen and oxygen atoms in total. The van der Waals surface area contributed by atoms with E-state index in [1.807, 2.05) is 30.3 Å². The molecule has 1 fully saturated rings. The highest BCUT2D eigenvalue weighted by Gasteiger charge is 2.32. The van der Waals surface area contributed by atoms with Crippen molar-refractivity contribution in [2.75, 3.05) is 10.2 Å². The van der Waals surface area contributed by atoms with Crippen molar-refractivity contribution in [2.45, 2.75) is 19.8 Å². The fraction of sp³-hybridized carbons (Fsp3) is 0.115. The predicted molar refractivity (Wildman–Crippen MR) is 138 cm³/mol. The third kappa shape index (κ3) is 4.97. The van der Waals surface area contributed by atoms with Crippen molar-refractivity contribution >= 4 is 58.2 Å². The maximum absolute atomic E-state index is 13.0. The van der Waals surface area contributed by atoms with Gasteiger partial charge in [0.25, 0.3) is 11.8 Å². The molecule has 0 spiro atoms. The van der Waals surface area contributed by atoms with Crippen molar-refractivity contribution in [2.24, 2.45) is 0 Å². The van der Waals surface area contributed by atoms with Gasteiger partial charge in [0.15, 0.2) is 5.11 Å². The first-order valence-corrected chi connectivity index (χ1v) is 11.2. The largest absolute Gasteiger partial charge is 0.327 e. The molecule has 1 heterocycles. The van der Waals surface area contributed by atoms with Crippen LogP contribution in [0.5, 0.6) is 0 Å². The fourth-order valence-corrected chi connectivity index (χ4v) is 4.01. The molecule has 3 aromatic carbocycles. The maximum Gasteiger partial charge on any atom is 0.281 e. The highest BCUT2D eigenvalue weighted by Crippen LogP contribution is 2.25. The molecule has 4 rings (SSSR count). The highest BCUT2D eigenvalue weighted by atomic mass is 35.5. The molecule has 1 aliphatic heterocycles. The van der Waals surface area contributed by atoms with Crippen LogP contribution >= 0.6 is 23.8 Å². The average molecular weight is 476 g/mol. The molecule has 1 saturated heterocycles. The number of halogens is 1. The van der Waals surface area contributed by atoms with E-state index >= 15 is 0 Å². The topological polar surface area (TPSA) is 61.4 Å². The molecule has 33 heavy (non-hydrogen) atoms. The van der Waals surface area contributed by atoms with Crippen LogP contribution in [-0.2, 0) is 4.79 Å². The molecule has 0 aliphatic carbocycles. The average Bonchev–Trinajstić information content (AvgIpc) is 3.07. The van der Waals surface area contributed by atoms with Crippen LogP contribution in [0.25, 0.3) is 6.08 Å². The van der Waals surface area contributed by atoms with E-state index in [0.29, 0.717) is 38.7 Å². The first-order valence-electron chi connectivity index (χ1n) is 10.5. The quantitative estimate of drug-likeness (QED) is 0.352. The second-order valence-electron chi connectivity index (χ2n) is 7.93.